The van der Waals surface area contributed by atoms with Gasteiger partial charge in [-0.25, -0.2) is 4.98 Å². The molecule has 4 N–H and O–H groups in total. The van der Waals surface area contributed by atoms with Crippen LogP contribution >= 0.6 is 0 Å². The second kappa shape index (κ2) is 9.79. The molecule has 0 saturated carbocycles. The summed E-state index contributed by atoms with van der Waals surface area (Å²) < 4.78 is 0. The van der Waals surface area contributed by atoms with Gasteiger partial charge < -0.3 is 15.4 Å². The van der Waals surface area contributed by atoms with E-state index < -0.39 is 6.23 Å². The molecule has 0 aliphatic rings. The summed E-state index contributed by atoms with van der Waals surface area (Å²) in [5, 5.41) is 22.0. The van der Waals surface area contributed by atoms with Crippen molar-refractivity contribution in [1.29, 1.82) is 0 Å². The Hall–Kier alpha value is -4.63. The summed E-state index contributed by atoms with van der Waals surface area (Å²) in [6, 6.07) is 13.9. The minimum absolute atomic E-state index is 0.598. The van der Waals surface area contributed by atoms with Crippen molar-refractivity contribution < 1.29 is 5.11 Å². The molecule has 5 heterocycles. The molecule has 0 amide bonds. The topological polar surface area (TPSA) is 128 Å². The highest BCUT2D eigenvalue weighted by molar-refractivity contribution is 5.97. The number of pyridine rings is 3. The molecule has 0 aliphatic heterocycles. The molecule has 0 aliphatic carbocycles. The van der Waals surface area contributed by atoms with Crippen molar-refractivity contribution in [2.45, 2.75) is 32.4 Å². The Morgan fingerprint density at radius 3 is 2.65 bits per heavy atom. The standard InChI is InChI=1S/C28H26N8O/c1-2-3-4-24(37)32-20-13-19(15-30-16-20)18-5-6-22-21(14-18)26(36-35-22)28-33-23-9-12-31-25(27(23)34-28)17-7-10-29-11-8-17/h5-16,24,32,37H,2-4H2,1H3,(H,33,34)(H,35,36). The first-order valence-corrected chi connectivity index (χ1v) is 12.3. The van der Waals surface area contributed by atoms with Crippen LogP contribution in [-0.4, -0.2) is 46.5 Å². The molecular weight excluding hydrogens is 464 g/mol. The first kappa shape index (κ1) is 22.8. The monoisotopic (exact) mass is 490 g/mol. The highest BCUT2D eigenvalue weighted by Crippen LogP contribution is 2.32. The SMILES string of the molecule is CCCCC(O)Nc1cncc(-c2ccc3[nH]nc(-c4nc5c(-c6ccncc6)nccc5[nH]4)c3c2)c1. The van der Waals surface area contributed by atoms with Crippen LogP contribution in [0, 0.1) is 0 Å². The minimum atomic E-state index is -0.598. The number of hydrogen-bond donors (Lipinski definition) is 4. The molecule has 6 aromatic rings. The van der Waals surface area contributed by atoms with Crippen LogP contribution in [0.2, 0.25) is 0 Å². The van der Waals surface area contributed by atoms with Gasteiger partial charge in [0.15, 0.2) is 5.82 Å². The van der Waals surface area contributed by atoms with E-state index >= 15 is 0 Å². The van der Waals surface area contributed by atoms with E-state index in [4.69, 9.17) is 4.98 Å². The van der Waals surface area contributed by atoms with Crippen LogP contribution in [0.1, 0.15) is 26.2 Å². The Labute approximate surface area is 213 Å². The van der Waals surface area contributed by atoms with Gasteiger partial charge in [0.05, 0.1) is 28.6 Å². The number of nitrogens with one attached hydrogen (secondary N) is 3. The zero-order valence-electron chi connectivity index (χ0n) is 20.3. The highest BCUT2D eigenvalue weighted by Gasteiger charge is 2.16. The lowest BCUT2D eigenvalue weighted by atomic mass is 10.0. The Kier molecular flexibility index (Phi) is 6.03. The lowest BCUT2D eigenvalue weighted by molar-refractivity contribution is 0.190. The predicted molar refractivity (Wildman–Crippen MR) is 145 cm³/mol. The maximum Gasteiger partial charge on any atom is 0.159 e. The normalized spacial score (nSPS) is 12.3. The largest absolute Gasteiger partial charge is 0.374 e. The third-order valence-corrected chi connectivity index (χ3v) is 6.38. The maximum absolute atomic E-state index is 10.3. The van der Waals surface area contributed by atoms with Crippen molar-refractivity contribution in [3.63, 3.8) is 0 Å². The summed E-state index contributed by atoms with van der Waals surface area (Å²) in [6.45, 7) is 2.11. The smallest absolute Gasteiger partial charge is 0.159 e. The fourth-order valence-corrected chi connectivity index (χ4v) is 4.48. The molecule has 9 heteroatoms. The van der Waals surface area contributed by atoms with Crippen molar-refractivity contribution in [2.75, 3.05) is 5.32 Å². The fraction of sp³-hybridized carbons (Fsp3) is 0.179. The number of aliphatic hydroxyl groups excluding tert-OH is 1. The number of benzene rings is 1. The predicted octanol–water partition coefficient (Wildman–Crippen LogP) is 5.55. The third-order valence-electron chi connectivity index (χ3n) is 6.38. The van der Waals surface area contributed by atoms with Crippen LogP contribution in [-0.2, 0) is 0 Å². The zero-order chi connectivity index (χ0) is 25.2. The van der Waals surface area contributed by atoms with Gasteiger partial charge in [0.2, 0.25) is 0 Å². The van der Waals surface area contributed by atoms with Crippen LogP contribution in [0.4, 0.5) is 5.69 Å². The van der Waals surface area contributed by atoms with Gasteiger partial charge in [-0.2, -0.15) is 5.10 Å². The summed E-state index contributed by atoms with van der Waals surface area (Å²) in [6.07, 6.45) is 10.9. The van der Waals surface area contributed by atoms with E-state index in [1.54, 1.807) is 24.8 Å². The van der Waals surface area contributed by atoms with E-state index in [2.05, 4.69) is 48.4 Å². The van der Waals surface area contributed by atoms with E-state index in [0.717, 1.165) is 68.5 Å². The molecule has 1 atom stereocenters. The van der Waals surface area contributed by atoms with Crippen LogP contribution in [0.25, 0.3) is 55.8 Å². The van der Waals surface area contributed by atoms with E-state index in [9.17, 15) is 5.11 Å². The van der Waals surface area contributed by atoms with E-state index in [0.29, 0.717) is 12.2 Å². The highest BCUT2D eigenvalue weighted by atomic mass is 16.3. The molecule has 1 unspecified atom stereocenters. The van der Waals surface area contributed by atoms with Crippen molar-refractivity contribution in [3.8, 4) is 33.9 Å². The number of imidazole rings is 1. The fourth-order valence-electron chi connectivity index (χ4n) is 4.48. The van der Waals surface area contributed by atoms with Crippen molar-refractivity contribution in [2.24, 2.45) is 0 Å². The Balaban J connectivity index is 1.37. The zero-order valence-corrected chi connectivity index (χ0v) is 20.3. The van der Waals surface area contributed by atoms with Crippen molar-refractivity contribution in [3.05, 3.63) is 73.4 Å². The van der Waals surface area contributed by atoms with Crippen LogP contribution < -0.4 is 5.32 Å². The molecule has 6 rings (SSSR count). The van der Waals surface area contributed by atoms with Gasteiger partial charge in [-0.05, 0) is 54.8 Å². The van der Waals surface area contributed by atoms with Gasteiger partial charge in [-0.3, -0.25) is 20.1 Å². The van der Waals surface area contributed by atoms with Gasteiger partial charge in [-0.15, -0.1) is 0 Å². The van der Waals surface area contributed by atoms with E-state index in [1.165, 1.54) is 0 Å². The van der Waals surface area contributed by atoms with E-state index in [-0.39, 0.29) is 0 Å². The number of anilines is 1. The molecule has 0 bridgehead atoms. The van der Waals surface area contributed by atoms with E-state index in [1.807, 2.05) is 42.6 Å². The number of aliphatic hydroxyl groups is 1. The van der Waals surface area contributed by atoms with Crippen molar-refractivity contribution in [1.82, 2.24) is 35.1 Å². The molecule has 0 saturated heterocycles. The van der Waals surface area contributed by atoms with Gasteiger partial charge in [0.25, 0.3) is 0 Å². The molecule has 0 spiro atoms. The molecule has 0 fully saturated rings. The minimum Gasteiger partial charge on any atom is -0.374 e. The number of unbranched alkanes of at least 4 members (excludes halogenated alkanes) is 1. The molecule has 0 radical (unpaired) electrons. The lowest BCUT2D eigenvalue weighted by Crippen LogP contribution is -2.18. The Morgan fingerprint density at radius 1 is 0.892 bits per heavy atom. The molecule has 5 aromatic heterocycles. The van der Waals surface area contributed by atoms with Gasteiger partial charge in [-0.1, -0.05) is 19.4 Å². The molecular formula is C28H26N8O. The Morgan fingerprint density at radius 2 is 1.78 bits per heavy atom. The van der Waals surface area contributed by atoms with Gasteiger partial charge in [0, 0.05) is 41.3 Å². The van der Waals surface area contributed by atoms with Crippen LogP contribution in [0.3, 0.4) is 0 Å². The second-order valence-electron chi connectivity index (χ2n) is 8.97. The number of aromatic nitrogens is 7. The summed E-state index contributed by atoms with van der Waals surface area (Å²) >= 11 is 0. The average Bonchev–Trinajstić information content (AvgIpc) is 3.56. The lowest BCUT2D eigenvalue weighted by Gasteiger charge is -2.14. The number of fused-ring (bicyclic) bond motifs is 2. The number of H-pyrrole nitrogens is 2. The second-order valence-corrected chi connectivity index (χ2v) is 8.97. The summed E-state index contributed by atoms with van der Waals surface area (Å²) in [4.78, 5) is 21.3. The van der Waals surface area contributed by atoms with Crippen LogP contribution in [0.5, 0.6) is 0 Å². The average molecular weight is 491 g/mol. The first-order chi connectivity index (χ1) is 18.2. The maximum atomic E-state index is 10.3. The summed E-state index contributed by atoms with van der Waals surface area (Å²) in [5.74, 6) is 0.661. The summed E-state index contributed by atoms with van der Waals surface area (Å²) in [7, 11) is 0. The number of hydrogen-bond acceptors (Lipinski definition) is 7. The first-order valence-electron chi connectivity index (χ1n) is 12.3. The number of rotatable bonds is 8. The van der Waals surface area contributed by atoms with Crippen molar-refractivity contribution >= 4 is 27.6 Å². The Bertz CT molecular complexity index is 1670. The molecule has 184 valence electrons. The van der Waals surface area contributed by atoms with Gasteiger partial charge >= 0.3 is 0 Å². The third kappa shape index (κ3) is 4.52. The van der Waals surface area contributed by atoms with Gasteiger partial charge in [0.1, 0.15) is 17.4 Å². The van der Waals surface area contributed by atoms with Crippen LogP contribution in [0.15, 0.2) is 73.4 Å². The number of nitrogens with zero attached hydrogens (tertiary/aromatic N) is 5. The quantitative estimate of drug-likeness (QED) is 0.206. The number of aromatic amines is 2. The summed E-state index contributed by atoms with van der Waals surface area (Å²) in [5.41, 5.74) is 7.75. The molecule has 1 aromatic carbocycles. The molecule has 9 nitrogen and oxygen atoms in total. The molecule has 37 heavy (non-hydrogen) atoms.